The van der Waals surface area contributed by atoms with Gasteiger partial charge in [-0.3, -0.25) is 4.79 Å². The third kappa shape index (κ3) is 3.26. The molecule has 1 fully saturated rings. The summed E-state index contributed by atoms with van der Waals surface area (Å²) in [6.45, 7) is 0. The van der Waals surface area contributed by atoms with Crippen molar-refractivity contribution >= 4 is 15.9 Å². The van der Waals surface area contributed by atoms with Gasteiger partial charge >= 0.3 is 0 Å². The van der Waals surface area contributed by atoms with E-state index in [0.717, 1.165) is 29.8 Å². The average molecular weight is 349 g/mol. The Balaban J connectivity index is 1.71. The number of carbonyl (C=O) groups is 1. The lowest BCUT2D eigenvalue weighted by molar-refractivity contribution is -0.120. The van der Waals surface area contributed by atoms with Crippen molar-refractivity contribution in [1.29, 1.82) is 0 Å². The van der Waals surface area contributed by atoms with Crippen LogP contribution in [-0.2, 0) is 14.8 Å². The Morgan fingerprint density at radius 1 is 1.17 bits per heavy atom. The van der Waals surface area contributed by atoms with Crippen molar-refractivity contribution in [3.63, 3.8) is 0 Å². The van der Waals surface area contributed by atoms with Crippen LogP contribution in [0.2, 0.25) is 0 Å². The molecular weight excluding hydrogens is 333 g/mol. The lowest BCUT2D eigenvalue weighted by Gasteiger charge is -2.09. The van der Waals surface area contributed by atoms with Crippen molar-refractivity contribution in [2.75, 3.05) is 7.11 Å². The van der Waals surface area contributed by atoms with E-state index in [9.17, 15) is 17.6 Å². The van der Waals surface area contributed by atoms with Gasteiger partial charge in [-0.1, -0.05) is 18.2 Å². The molecule has 0 aromatic heterocycles. The quantitative estimate of drug-likeness (QED) is 0.900. The molecule has 126 valence electrons. The van der Waals surface area contributed by atoms with Gasteiger partial charge in [0.1, 0.15) is 11.6 Å². The normalized spacial score (nSPS) is 19.6. The molecule has 0 spiro atoms. The van der Waals surface area contributed by atoms with E-state index in [1.807, 2.05) is 18.2 Å². The molecule has 0 aliphatic heterocycles. The fraction of sp³-hybridized carbons (Fsp3) is 0.235. The van der Waals surface area contributed by atoms with E-state index in [1.165, 1.54) is 0 Å². The van der Waals surface area contributed by atoms with E-state index < -0.39 is 27.7 Å². The number of halogens is 1. The molecule has 1 aliphatic rings. The van der Waals surface area contributed by atoms with Gasteiger partial charge in [0.2, 0.25) is 5.91 Å². The topological polar surface area (TPSA) is 72.5 Å². The molecular formula is C17H16FNO4S. The highest BCUT2D eigenvalue weighted by Gasteiger charge is 2.46. The van der Waals surface area contributed by atoms with Crippen LogP contribution in [0.1, 0.15) is 17.9 Å². The standard InChI is InChI=1S/C17H16FNO4S/c1-23-16-5-3-2-4-13(16)14-10-15(14)17(20)19-24(21,22)12-8-6-11(18)7-9-12/h2-9,14-15H,10H2,1H3,(H,19,20)/t14-,15+/m1/s1. The molecule has 1 N–H and O–H groups in total. The van der Waals surface area contributed by atoms with Gasteiger partial charge < -0.3 is 4.74 Å². The zero-order chi connectivity index (χ0) is 17.3. The van der Waals surface area contributed by atoms with E-state index >= 15 is 0 Å². The molecule has 0 bridgehead atoms. The van der Waals surface area contributed by atoms with Crippen molar-refractivity contribution in [3.05, 3.63) is 59.9 Å². The summed E-state index contributed by atoms with van der Waals surface area (Å²) in [6.07, 6.45) is 0.561. The molecule has 0 saturated heterocycles. The van der Waals surface area contributed by atoms with E-state index in [-0.39, 0.29) is 10.8 Å². The van der Waals surface area contributed by atoms with Crippen LogP contribution in [0.25, 0.3) is 0 Å². The first kappa shape index (κ1) is 16.4. The maximum atomic E-state index is 12.9. The molecule has 24 heavy (non-hydrogen) atoms. The Hall–Kier alpha value is -2.41. The molecule has 2 aromatic rings. The van der Waals surface area contributed by atoms with Gasteiger partial charge in [0.15, 0.2) is 0 Å². The van der Waals surface area contributed by atoms with Gasteiger partial charge in [-0.05, 0) is 48.2 Å². The summed E-state index contributed by atoms with van der Waals surface area (Å²) in [6, 6.07) is 11.7. The van der Waals surface area contributed by atoms with Crippen LogP contribution in [0, 0.1) is 11.7 Å². The SMILES string of the molecule is COc1ccccc1[C@H]1C[C@@H]1C(=O)NS(=O)(=O)c1ccc(F)cc1. The zero-order valence-electron chi connectivity index (χ0n) is 12.9. The number of methoxy groups -OCH3 is 1. The minimum Gasteiger partial charge on any atom is -0.496 e. The fourth-order valence-electron chi connectivity index (χ4n) is 2.68. The lowest BCUT2D eigenvalue weighted by atomic mass is 10.1. The van der Waals surface area contributed by atoms with E-state index in [2.05, 4.69) is 4.72 Å². The number of amides is 1. The highest BCUT2D eigenvalue weighted by Crippen LogP contribution is 2.50. The lowest BCUT2D eigenvalue weighted by Crippen LogP contribution is -2.32. The number of hydrogen-bond donors (Lipinski definition) is 1. The van der Waals surface area contributed by atoms with Crippen molar-refractivity contribution in [2.24, 2.45) is 5.92 Å². The molecule has 3 rings (SSSR count). The third-order valence-electron chi connectivity index (χ3n) is 4.02. The van der Waals surface area contributed by atoms with Crippen LogP contribution >= 0.6 is 0 Å². The number of hydrogen-bond acceptors (Lipinski definition) is 4. The van der Waals surface area contributed by atoms with Crippen LogP contribution in [-0.4, -0.2) is 21.4 Å². The van der Waals surface area contributed by atoms with E-state index in [1.54, 1.807) is 13.2 Å². The van der Waals surface area contributed by atoms with Crippen molar-refractivity contribution in [3.8, 4) is 5.75 Å². The first-order chi connectivity index (χ1) is 11.4. The van der Waals surface area contributed by atoms with Crippen LogP contribution < -0.4 is 9.46 Å². The first-order valence-corrected chi connectivity index (χ1v) is 8.86. The Morgan fingerprint density at radius 2 is 1.83 bits per heavy atom. The molecule has 5 nitrogen and oxygen atoms in total. The minimum atomic E-state index is -4.00. The van der Waals surface area contributed by atoms with Gasteiger partial charge in [-0.2, -0.15) is 0 Å². The van der Waals surface area contributed by atoms with Gasteiger partial charge in [0.25, 0.3) is 10.0 Å². The van der Waals surface area contributed by atoms with Crippen molar-refractivity contribution < 1.29 is 22.3 Å². The average Bonchev–Trinajstić information content (AvgIpc) is 3.35. The largest absolute Gasteiger partial charge is 0.496 e. The second-order valence-electron chi connectivity index (χ2n) is 5.61. The number of para-hydroxylation sites is 1. The monoisotopic (exact) mass is 349 g/mol. The van der Waals surface area contributed by atoms with Crippen LogP contribution in [0.3, 0.4) is 0 Å². The van der Waals surface area contributed by atoms with Gasteiger partial charge in [-0.15, -0.1) is 0 Å². The summed E-state index contributed by atoms with van der Waals surface area (Å²) < 4.78 is 44.6. The summed E-state index contributed by atoms with van der Waals surface area (Å²) in [5.74, 6) is -0.908. The first-order valence-electron chi connectivity index (χ1n) is 7.37. The number of nitrogens with one attached hydrogen (secondary N) is 1. The van der Waals surface area contributed by atoms with Crippen molar-refractivity contribution in [2.45, 2.75) is 17.2 Å². The highest BCUT2D eigenvalue weighted by molar-refractivity contribution is 7.90. The Kier molecular flexibility index (Phi) is 4.28. The Labute approximate surface area is 139 Å². The minimum absolute atomic E-state index is 0.0652. The third-order valence-corrected chi connectivity index (χ3v) is 5.39. The smallest absolute Gasteiger partial charge is 0.264 e. The van der Waals surface area contributed by atoms with Crippen molar-refractivity contribution in [1.82, 2.24) is 4.72 Å². The molecule has 1 amide bonds. The molecule has 2 atom stereocenters. The number of rotatable bonds is 5. The van der Waals surface area contributed by atoms with Gasteiger partial charge in [-0.25, -0.2) is 17.5 Å². The maximum absolute atomic E-state index is 12.9. The molecule has 7 heteroatoms. The number of carbonyl (C=O) groups excluding carboxylic acids is 1. The summed E-state index contributed by atoms with van der Waals surface area (Å²) in [5.41, 5.74) is 0.888. The zero-order valence-corrected chi connectivity index (χ0v) is 13.7. The predicted octanol–water partition coefficient (Wildman–Crippen LogP) is 2.44. The van der Waals surface area contributed by atoms with Crippen LogP contribution in [0.5, 0.6) is 5.75 Å². The second kappa shape index (κ2) is 6.24. The molecule has 0 heterocycles. The Bertz CT molecular complexity index is 864. The van der Waals surface area contributed by atoms with E-state index in [4.69, 9.17) is 4.74 Å². The van der Waals surface area contributed by atoms with Crippen LogP contribution in [0.15, 0.2) is 53.4 Å². The summed E-state index contributed by atoms with van der Waals surface area (Å²) in [4.78, 5) is 12.1. The molecule has 0 radical (unpaired) electrons. The summed E-state index contributed by atoms with van der Waals surface area (Å²) in [7, 11) is -2.45. The fourth-order valence-corrected chi connectivity index (χ4v) is 3.71. The van der Waals surface area contributed by atoms with Gasteiger partial charge in [0, 0.05) is 5.92 Å². The highest BCUT2D eigenvalue weighted by atomic mass is 32.2. The second-order valence-corrected chi connectivity index (χ2v) is 7.30. The molecule has 1 saturated carbocycles. The number of sulfonamides is 1. The molecule has 1 aliphatic carbocycles. The summed E-state index contributed by atoms with van der Waals surface area (Å²) >= 11 is 0. The predicted molar refractivity (Wildman–Crippen MR) is 85.6 cm³/mol. The summed E-state index contributed by atoms with van der Waals surface area (Å²) in [5, 5.41) is 0. The number of benzene rings is 2. The van der Waals surface area contributed by atoms with E-state index in [0.29, 0.717) is 12.2 Å². The Morgan fingerprint density at radius 3 is 2.50 bits per heavy atom. The van der Waals surface area contributed by atoms with Crippen LogP contribution in [0.4, 0.5) is 4.39 Å². The van der Waals surface area contributed by atoms with Gasteiger partial charge in [0.05, 0.1) is 12.0 Å². The molecule has 2 aromatic carbocycles. The molecule has 0 unspecified atom stereocenters. The number of ether oxygens (including phenoxy) is 1. The maximum Gasteiger partial charge on any atom is 0.264 e.